The fraction of sp³-hybridized carbons (Fsp3) is 0. The molecule has 1 aromatic carbocycles. The van der Waals surface area contributed by atoms with Gasteiger partial charge in [0.25, 0.3) is 0 Å². The third-order valence-electron chi connectivity index (χ3n) is 1.38. The summed E-state index contributed by atoms with van der Waals surface area (Å²) in [7, 11) is 0. The Morgan fingerprint density at radius 1 is 0.818 bits per heavy atom. The largest absolute Gasteiger partial charge is 0.253 e. The van der Waals surface area contributed by atoms with Gasteiger partial charge in [0, 0.05) is 42.0 Å². The molecule has 0 saturated carbocycles. The number of hydrogen-bond acceptors (Lipinski definition) is 2. The predicted molar refractivity (Wildman–Crippen MR) is 45.3 cm³/mol. The van der Waals surface area contributed by atoms with Crippen LogP contribution in [0, 0.1) is 0 Å². The van der Waals surface area contributed by atoms with Crippen LogP contribution in [0.1, 0.15) is 0 Å². The number of rotatable bonds is 0. The van der Waals surface area contributed by atoms with E-state index in [4.69, 9.17) is 0 Å². The van der Waals surface area contributed by atoms with Crippen LogP contribution in [0.15, 0.2) is 36.7 Å². The van der Waals surface area contributed by atoms with Gasteiger partial charge in [-0.2, -0.15) is 0 Å². The fourth-order valence-corrected chi connectivity index (χ4v) is 0.910. The Balaban J connectivity index is 0.000000605. The van der Waals surface area contributed by atoms with Gasteiger partial charge < -0.3 is 0 Å². The van der Waals surface area contributed by atoms with Gasteiger partial charge in [0.15, 0.2) is 0 Å². The maximum Gasteiger partial charge on any atom is 0.0886 e. The van der Waals surface area contributed by atoms with Crippen molar-refractivity contribution in [2.45, 2.75) is 0 Å². The molecule has 3 heteroatoms. The van der Waals surface area contributed by atoms with Crippen molar-refractivity contribution < 1.29 is 0 Å². The Kier molecular flexibility index (Phi) is 3.00. The molecule has 0 saturated heterocycles. The van der Waals surface area contributed by atoms with Gasteiger partial charge in [-0.15, -0.1) is 0 Å². The van der Waals surface area contributed by atoms with E-state index in [1.807, 2.05) is 24.3 Å². The van der Waals surface area contributed by atoms with Crippen molar-refractivity contribution in [1.29, 1.82) is 0 Å². The molecule has 2 aromatic rings. The molecule has 2 rings (SSSR count). The fourth-order valence-electron chi connectivity index (χ4n) is 0.910. The van der Waals surface area contributed by atoms with Crippen LogP contribution in [0.2, 0.25) is 0 Å². The van der Waals surface area contributed by atoms with E-state index < -0.39 is 0 Å². The zero-order valence-electron chi connectivity index (χ0n) is 6.36. The molecule has 49 valence electrons. The number of aromatic nitrogens is 2. The number of fused-ring (bicyclic) bond motifs is 1. The van der Waals surface area contributed by atoms with E-state index in [9.17, 15) is 0 Å². The van der Waals surface area contributed by atoms with Gasteiger partial charge in [-0.25, -0.2) is 0 Å². The monoisotopic (exact) mass is 153 g/mol. The van der Waals surface area contributed by atoms with Crippen LogP contribution in [0.5, 0.6) is 0 Å². The molecular weight excluding hydrogens is 147 g/mol. The standard InChI is InChI=1S/C8H6N2.Na/c1-2-4-8-7(3-1)9-5-6-10-8;/h1-6H;. The smallest absolute Gasteiger partial charge is 0.0886 e. The maximum atomic E-state index is 4.12. The van der Waals surface area contributed by atoms with E-state index in [0.717, 1.165) is 11.0 Å². The molecule has 1 aromatic heterocycles. The van der Waals surface area contributed by atoms with Gasteiger partial charge in [0.2, 0.25) is 0 Å². The van der Waals surface area contributed by atoms with Gasteiger partial charge in [-0.3, -0.25) is 9.97 Å². The van der Waals surface area contributed by atoms with Crippen molar-refractivity contribution in [2.24, 2.45) is 0 Å². The summed E-state index contributed by atoms with van der Waals surface area (Å²) in [5.74, 6) is 0. The Bertz CT molecular complexity index is 283. The summed E-state index contributed by atoms with van der Waals surface area (Å²) in [6, 6.07) is 7.80. The normalized spacial score (nSPS) is 9.09. The third-order valence-corrected chi connectivity index (χ3v) is 1.38. The molecule has 0 N–H and O–H groups in total. The molecule has 0 amide bonds. The quantitative estimate of drug-likeness (QED) is 0.532. The van der Waals surface area contributed by atoms with Gasteiger partial charge in [-0.05, 0) is 12.1 Å². The van der Waals surface area contributed by atoms with E-state index in [1.54, 1.807) is 12.4 Å². The Morgan fingerprint density at radius 3 is 1.73 bits per heavy atom. The zero-order valence-corrected chi connectivity index (χ0v) is 8.36. The first kappa shape index (κ1) is 8.65. The van der Waals surface area contributed by atoms with Crippen molar-refractivity contribution in [1.82, 2.24) is 9.97 Å². The van der Waals surface area contributed by atoms with E-state index >= 15 is 0 Å². The molecule has 0 atom stereocenters. The maximum absolute atomic E-state index is 4.12. The minimum atomic E-state index is 0. The van der Waals surface area contributed by atoms with E-state index in [0.29, 0.717) is 0 Å². The molecule has 1 heterocycles. The molecular formula is C8H6N2Na. The summed E-state index contributed by atoms with van der Waals surface area (Å²) >= 11 is 0. The van der Waals surface area contributed by atoms with Crippen molar-refractivity contribution in [3.05, 3.63) is 36.7 Å². The molecule has 1 radical (unpaired) electrons. The van der Waals surface area contributed by atoms with E-state index in [-0.39, 0.29) is 29.6 Å². The van der Waals surface area contributed by atoms with Crippen molar-refractivity contribution >= 4 is 40.6 Å². The third kappa shape index (κ3) is 1.77. The summed E-state index contributed by atoms with van der Waals surface area (Å²) in [5, 5.41) is 0. The van der Waals surface area contributed by atoms with Crippen molar-refractivity contribution in [3.63, 3.8) is 0 Å². The Labute approximate surface area is 87.0 Å². The second-order valence-electron chi connectivity index (χ2n) is 2.05. The summed E-state index contributed by atoms with van der Waals surface area (Å²) in [4.78, 5) is 8.24. The average molecular weight is 153 g/mol. The summed E-state index contributed by atoms with van der Waals surface area (Å²) in [6.45, 7) is 0. The number of hydrogen-bond donors (Lipinski definition) is 0. The van der Waals surface area contributed by atoms with Crippen LogP contribution < -0.4 is 0 Å². The SMILES string of the molecule is [Na].c1ccc2nccnc2c1. The predicted octanol–water partition coefficient (Wildman–Crippen LogP) is 1.25. The van der Waals surface area contributed by atoms with E-state index in [2.05, 4.69) is 9.97 Å². The average Bonchev–Trinajstić information content (AvgIpc) is 2.05. The van der Waals surface area contributed by atoms with Crippen molar-refractivity contribution in [2.75, 3.05) is 0 Å². The topological polar surface area (TPSA) is 25.8 Å². The molecule has 0 unspecified atom stereocenters. The minimum absolute atomic E-state index is 0. The first-order valence-electron chi connectivity index (χ1n) is 3.12. The number of para-hydroxylation sites is 2. The first-order valence-corrected chi connectivity index (χ1v) is 3.12. The van der Waals surface area contributed by atoms with Crippen LogP contribution >= 0.6 is 0 Å². The summed E-state index contributed by atoms with van der Waals surface area (Å²) < 4.78 is 0. The van der Waals surface area contributed by atoms with Crippen LogP contribution in [0.25, 0.3) is 11.0 Å². The number of nitrogens with zero attached hydrogens (tertiary/aromatic N) is 2. The van der Waals surface area contributed by atoms with E-state index in [1.165, 1.54) is 0 Å². The molecule has 0 aliphatic carbocycles. The van der Waals surface area contributed by atoms with Gasteiger partial charge in [-0.1, -0.05) is 12.1 Å². The molecule has 2 nitrogen and oxygen atoms in total. The van der Waals surface area contributed by atoms with Crippen LogP contribution in [-0.2, 0) is 0 Å². The second kappa shape index (κ2) is 3.81. The summed E-state index contributed by atoms with van der Waals surface area (Å²) in [6.07, 6.45) is 3.39. The van der Waals surface area contributed by atoms with Crippen LogP contribution in [0.4, 0.5) is 0 Å². The molecule has 0 aliphatic heterocycles. The second-order valence-corrected chi connectivity index (χ2v) is 2.05. The Hall–Kier alpha value is -0.440. The van der Waals surface area contributed by atoms with Crippen LogP contribution in [0.3, 0.4) is 0 Å². The van der Waals surface area contributed by atoms with Gasteiger partial charge in [0.1, 0.15) is 0 Å². The molecule has 0 bridgehead atoms. The van der Waals surface area contributed by atoms with Gasteiger partial charge in [0.05, 0.1) is 11.0 Å². The Morgan fingerprint density at radius 2 is 1.27 bits per heavy atom. The zero-order chi connectivity index (χ0) is 6.81. The van der Waals surface area contributed by atoms with Crippen LogP contribution in [-0.4, -0.2) is 39.5 Å². The molecule has 0 spiro atoms. The first-order chi connectivity index (χ1) is 4.97. The molecule has 0 fully saturated rings. The molecule has 0 aliphatic rings. The number of benzene rings is 1. The molecule has 11 heavy (non-hydrogen) atoms. The van der Waals surface area contributed by atoms with Gasteiger partial charge >= 0.3 is 0 Å². The minimum Gasteiger partial charge on any atom is -0.253 e. The van der Waals surface area contributed by atoms with Crippen molar-refractivity contribution in [3.8, 4) is 0 Å². The summed E-state index contributed by atoms with van der Waals surface area (Å²) in [5.41, 5.74) is 1.90.